The molecule has 3 aromatic carbocycles. The Morgan fingerprint density at radius 2 is 1.73 bits per heavy atom. The van der Waals surface area contributed by atoms with Crippen LogP contribution in [0.15, 0.2) is 91.5 Å². The van der Waals surface area contributed by atoms with Crippen LogP contribution in [0.2, 0.25) is 0 Å². The molecule has 4 rings (SSSR count). The smallest absolute Gasteiger partial charge is 0.339 e. The first kappa shape index (κ1) is 33.5. The molecule has 4 atom stereocenters. The Hall–Kier alpha value is -3.37. The molecule has 1 fully saturated rings. The van der Waals surface area contributed by atoms with Crippen LogP contribution in [-0.2, 0) is 21.6 Å². The van der Waals surface area contributed by atoms with Gasteiger partial charge in [-0.2, -0.15) is 0 Å². The molecule has 1 saturated carbocycles. The van der Waals surface area contributed by atoms with E-state index in [1.807, 2.05) is 42.5 Å². The molecule has 0 heterocycles. The van der Waals surface area contributed by atoms with Crippen LogP contribution in [0.5, 0.6) is 5.75 Å². The zero-order valence-corrected chi connectivity index (χ0v) is 27.0. The van der Waals surface area contributed by atoms with Gasteiger partial charge < -0.3 is 14.6 Å². The fourth-order valence-corrected chi connectivity index (χ4v) is 6.65. The van der Waals surface area contributed by atoms with Crippen molar-refractivity contribution in [1.82, 2.24) is 0 Å². The van der Waals surface area contributed by atoms with Gasteiger partial charge in [-0.25, -0.2) is 4.79 Å². The molecule has 4 unspecified atom stereocenters. The minimum atomic E-state index is -1.29. The lowest BCUT2D eigenvalue weighted by atomic mass is 9.76. The molecule has 0 bridgehead atoms. The van der Waals surface area contributed by atoms with Crippen molar-refractivity contribution in [2.24, 2.45) is 5.92 Å². The first-order valence-corrected chi connectivity index (χ1v) is 16.7. The van der Waals surface area contributed by atoms with Crippen LogP contribution < -0.4 is 4.74 Å². The Morgan fingerprint density at radius 1 is 1.00 bits per heavy atom. The van der Waals surface area contributed by atoms with E-state index in [4.69, 9.17) is 9.47 Å². The van der Waals surface area contributed by atoms with Crippen molar-refractivity contribution in [2.75, 3.05) is 0 Å². The topological polar surface area (TPSA) is 55.8 Å². The van der Waals surface area contributed by atoms with Crippen molar-refractivity contribution in [1.29, 1.82) is 0 Å². The second-order valence-corrected chi connectivity index (χ2v) is 13.2. The Kier molecular flexibility index (Phi) is 12.7. The van der Waals surface area contributed by atoms with E-state index >= 15 is 0 Å². The Balaban J connectivity index is 1.62. The van der Waals surface area contributed by atoms with E-state index in [-0.39, 0.29) is 17.4 Å². The summed E-state index contributed by atoms with van der Waals surface area (Å²) >= 11 is 0. The monoisotopic (exact) mass is 596 g/mol. The summed E-state index contributed by atoms with van der Waals surface area (Å²) in [5.74, 6) is 0.836. The van der Waals surface area contributed by atoms with E-state index in [2.05, 4.69) is 57.7 Å². The summed E-state index contributed by atoms with van der Waals surface area (Å²) in [5, 5.41) is 10.7. The van der Waals surface area contributed by atoms with Crippen molar-refractivity contribution < 1.29 is 19.4 Å². The summed E-state index contributed by atoms with van der Waals surface area (Å²) < 4.78 is 12.7. The van der Waals surface area contributed by atoms with Crippen LogP contribution in [0.4, 0.5) is 0 Å². The van der Waals surface area contributed by atoms with Crippen LogP contribution in [0, 0.1) is 5.92 Å². The summed E-state index contributed by atoms with van der Waals surface area (Å²) in [7, 11) is 0. The number of aliphatic hydroxyl groups is 1. The minimum Gasteiger partial charge on any atom is -0.489 e. The zero-order chi connectivity index (χ0) is 31.4. The molecule has 1 N–H and O–H groups in total. The van der Waals surface area contributed by atoms with Gasteiger partial charge in [0.15, 0.2) is 6.10 Å². The molecule has 1 aliphatic carbocycles. The van der Waals surface area contributed by atoms with Gasteiger partial charge in [-0.1, -0.05) is 125 Å². The van der Waals surface area contributed by atoms with Crippen LogP contribution in [-0.4, -0.2) is 17.2 Å². The number of unbranched alkanes of at least 4 members (excludes halogenated alkanes) is 3. The van der Waals surface area contributed by atoms with Crippen molar-refractivity contribution in [3.63, 3.8) is 0 Å². The third-order valence-corrected chi connectivity index (χ3v) is 9.36. The number of carbonyl (C=O) groups is 1. The average Bonchev–Trinajstić information content (AvgIpc) is 3.24. The molecule has 236 valence electrons. The number of benzene rings is 3. The first-order valence-electron chi connectivity index (χ1n) is 16.7. The Bertz CT molecular complexity index is 1300. The molecule has 3 aromatic rings. The van der Waals surface area contributed by atoms with Crippen molar-refractivity contribution >= 4 is 5.97 Å². The van der Waals surface area contributed by atoms with E-state index in [1.165, 1.54) is 36.8 Å². The molecule has 0 aromatic heterocycles. The van der Waals surface area contributed by atoms with Gasteiger partial charge in [0.2, 0.25) is 0 Å². The molecule has 0 aliphatic heterocycles. The van der Waals surface area contributed by atoms with Gasteiger partial charge in [0, 0.05) is 0 Å². The quantitative estimate of drug-likeness (QED) is 0.0821. The summed E-state index contributed by atoms with van der Waals surface area (Å²) in [6.07, 6.45) is 10.9. The second-order valence-electron chi connectivity index (χ2n) is 13.2. The molecule has 4 nitrogen and oxygen atoms in total. The van der Waals surface area contributed by atoms with E-state index < -0.39 is 12.1 Å². The molecule has 44 heavy (non-hydrogen) atoms. The molecular weight excluding hydrogens is 544 g/mol. The SMILES string of the molecule is C=CCC1CCCC(OC(=O)C(O)c2ccccc2)CC1c1ccc(C(C)(C)CCCCCC)cc1OCc1ccccc1. The third kappa shape index (κ3) is 9.32. The first-order chi connectivity index (χ1) is 21.3. The van der Waals surface area contributed by atoms with Gasteiger partial charge in [-0.15, -0.1) is 6.58 Å². The summed E-state index contributed by atoms with van der Waals surface area (Å²) in [6, 6.07) is 26.2. The highest BCUT2D eigenvalue weighted by atomic mass is 16.6. The highest BCUT2D eigenvalue weighted by Crippen LogP contribution is 2.45. The van der Waals surface area contributed by atoms with Crippen LogP contribution in [0.3, 0.4) is 0 Å². The van der Waals surface area contributed by atoms with Gasteiger partial charge in [-0.3, -0.25) is 0 Å². The maximum Gasteiger partial charge on any atom is 0.339 e. The molecule has 0 amide bonds. The predicted octanol–water partition coefficient (Wildman–Crippen LogP) is 10.0. The number of hydrogen-bond acceptors (Lipinski definition) is 4. The molecule has 0 spiro atoms. The predicted molar refractivity (Wildman–Crippen MR) is 180 cm³/mol. The third-order valence-electron chi connectivity index (χ3n) is 9.36. The highest BCUT2D eigenvalue weighted by molar-refractivity contribution is 5.76. The largest absolute Gasteiger partial charge is 0.489 e. The van der Waals surface area contributed by atoms with Crippen LogP contribution >= 0.6 is 0 Å². The van der Waals surface area contributed by atoms with Gasteiger partial charge in [0.25, 0.3) is 0 Å². The lowest BCUT2D eigenvalue weighted by Gasteiger charge is -2.31. The molecule has 0 saturated heterocycles. The van der Waals surface area contributed by atoms with E-state index in [0.29, 0.717) is 24.5 Å². The van der Waals surface area contributed by atoms with Gasteiger partial charge >= 0.3 is 5.97 Å². The standard InChI is InChI=1S/C40H52O4/c1-5-7-8-15-26-40(3,4)33-24-25-35(37(27-33)43-29-30-18-11-9-12-19-30)36-28-34(23-16-22-31(36)17-6-2)44-39(42)38(41)32-20-13-10-14-21-32/h6,9-14,18-21,24-25,27,31,34,36,38,41H,2,5,7-8,15-17,22-23,26,28-29H2,1,3-4H3. The van der Waals surface area contributed by atoms with E-state index in [9.17, 15) is 9.90 Å². The summed E-state index contributed by atoms with van der Waals surface area (Å²) in [6.45, 7) is 11.5. The number of carbonyl (C=O) groups excluding carboxylic acids is 1. The molecule has 1 aliphatic rings. The zero-order valence-electron chi connectivity index (χ0n) is 27.0. The number of rotatable bonds is 15. The summed E-state index contributed by atoms with van der Waals surface area (Å²) in [5.41, 5.74) is 4.19. The van der Waals surface area contributed by atoms with Crippen molar-refractivity contribution in [2.45, 2.75) is 115 Å². The lowest BCUT2D eigenvalue weighted by molar-refractivity contribution is -0.160. The number of ether oxygens (including phenoxy) is 2. The van der Waals surface area contributed by atoms with Crippen LogP contribution in [0.1, 0.15) is 119 Å². The van der Waals surface area contributed by atoms with E-state index in [0.717, 1.165) is 43.4 Å². The number of esters is 1. The van der Waals surface area contributed by atoms with Crippen molar-refractivity contribution in [3.05, 3.63) is 114 Å². The average molecular weight is 597 g/mol. The second kappa shape index (κ2) is 16.6. The van der Waals surface area contributed by atoms with Gasteiger partial charge in [0.1, 0.15) is 18.5 Å². The number of hydrogen-bond donors (Lipinski definition) is 1. The fraction of sp³-hybridized carbons (Fsp3) is 0.475. The number of allylic oxidation sites excluding steroid dienone is 1. The van der Waals surface area contributed by atoms with Gasteiger partial charge in [-0.05, 0) is 84.1 Å². The van der Waals surface area contributed by atoms with Crippen LogP contribution in [0.25, 0.3) is 0 Å². The Labute approximate surface area is 265 Å². The summed E-state index contributed by atoms with van der Waals surface area (Å²) in [4.78, 5) is 13.1. The number of aliphatic hydroxyl groups excluding tert-OH is 1. The highest BCUT2D eigenvalue weighted by Gasteiger charge is 2.34. The van der Waals surface area contributed by atoms with Crippen molar-refractivity contribution in [3.8, 4) is 5.75 Å². The maximum absolute atomic E-state index is 13.1. The Morgan fingerprint density at radius 3 is 2.43 bits per heavy atom. The maximum atomic E-state index is 13.1. The molecular formula is C40H52O4. The molecule has 0 radical (unpaired) electrons. The fourth-order valence-electron chi connectivity index (χ4n) is 6.65. The normalized spacial score (nSPS) is 19.5. The molecule has 4 heteroatoms. The van der Waals surface area contributed by atoms with Gasteiger partial charge in [0.05, 0.1) is 0 Å². The minimum absolute atomic E-state index is 0.0345. The lowest BCUT2D eigenvalue weighted by Crippen LogP contribution is -2.25. The van der Waals surface area contributed by atoms with E-state index in [1.54, 1.807) is 12.1 Å².